The van der Waals surface area contributed by atoms with Crippen LogP contribution in [0.4, 0.5) is 8.78 Å². The molecule has 4 rings (SSSR count). The van der Waals surface area contributed by atoms with Gasteiger partial charge in [-0.25, -0.2) is 8.78 Å². The highest BCUT2D eigenvalue weighted by molar-refractivity contribution is 6.30. The van der Waals surface area contributed by atoms with E-state index >= 15 is 4.39 Å². The Balaban J connectivity index is 1.37. The molecular formula is C29H31ClF2. The van der Waals surface area contributed by atoms with Gasteiger partial charge in [-0.15, -0.1) is 6.58 Å². The number of fused-ring (bicyclic) bond motifs is 1. The molecule has 1 aliphatic rings. The van der Waals surface area contributed by atoms with Crippen molar-refractivity contribution in [3.63, 3.8) is 0 Å². The zero-order valence-electron chi connectivity index (χ0n) is 18.6. The summed E-state index contributed by atoms with van der Waals surface area (Å²) in [7, 11) is 0. The number of halogens is 3. The first-order chi connectivity index (χ1) is 15.5. The summed E-state index contributed by atoms with van der Waals surface area (Å²) < 4.78 is 28.8. The lowest BCUT2D eigenvalue weighted by Crippen LogP contribution is -2.14. The smallest absolute Gasteiger partial charge is 0.142 e. The molecule has 0 nitrogen and oxygen atoms in total. The van der Waals surface area contributed by atoms with Gasteiger partial charge in [0.1, 0.15) is 11.6 Å². The Morgan fingerprint density at radius 3 is 2.31 bits per heavy atom. The third-order valence-corrected chi connectivity index (χ3v) is 7.38. The van der Waals surface area contributed by atoms with Gasteiger partial charge in [0.25, 0.3) is 0 Å². The molecular weight excluding hydrogens is 422 g/mol. The predicted octanol–water partition coefficient (Wildman–Crippen LogP) is 8.87. The van der Waals surface area contributed by atoms with Crippen LogP contribution in [0.15, 0.2) is 61.2 Å². The van der Waals surface area contributed by atoms with Crippen LogP contribution < -0.4 is 0 Å². The second-order valence-corrected chi connectivity index (χ2v) is 9.70. The molecule has 3 heteroatoms. The van der Waals surface area contributed by atoms with E-state index in [2.05, 4.69) is 24.8 Å². The van der Waals surface area contributed by atoms with Gasteiger partial charge >= 0.3 is 0 Å². The lowest BCUT2D eigenvalue weighted by Gasteiger charge is -2.27. The Morgan fingerprint density at radius 2 is 1.56 bits per heavy atom. The largest absolute Gasteiger partial charge is 0.206 e. The van der Waals surface area contributed by atoms with Gasteiger partial charge in [0, 0.05) is 5.39 Å². The van der Waals surface area contributed by atoms with Gasteiger partial charge < -0.3 is 0 Å². The zero-order chi connectivity index (χ0) is 22.5. The molecule has 0 N–H and O–H groups in total. The summed E-state index contributed by atoms with van der Waals surface area (Å²) in [5.74, 6) is 1.05. The zero-order valence-corrected chi connectivity index (χ0v) is 19.3. The highest BCUT2D eigenvalue weighted by Crippen LogP contribution is 2.34. The fraction of sp³-hybridized carbons (Fsp3) is 0.379. The summed E-state index contributed by atoms with van der Waals surface area (Å²) in [6.07, 6.45) is 11.9. The van der Waals surface area contributed by atoms with Crippen LogP contribution in [-0.2, 0) is 19.3 Å². The van der Waals surface area contributed by atoms with Crippen molar-refractivity contribution in [2.75, 3.05) is 0 Å². The summed E-state index contributed by atoms with van der Waals surface area (Å²) >= 11 is 5.75. The van der Waals surface area contributed by atoms with Crippen LogP contribution >= 0.6 is 11.6 Å². The first-order valence-electron chi connectivity index (χ1n) is 11.8. The molecule has 0 amide bonds. The van der Waals surface area contributed by atoms with Crippen molar-refractivity contribution in [2.24, 2.45) is 11.8 Å². The molecule has 1 aliphatic carbocycles. The Hall–Kier alpha value is -2.19. The monoisotopic (exact) mass is 452 g/mol. The summed E-state index contributed by atoms with van der Waals surface area (Å²) in [6.45, 7) is 3.87. The number of rotatable bonds is 8. The normalized spacial score (nSPS) is 18.7. The van der Waals surface area contributed by atoms with Crippen molar-refractivity contribution >= 4 is 22.4 Å². The van der Waals surface area contributed by atoms with Crippen molar-refractivity contribution in [3.05, 3.63) is 94.5 Å². The number of allylic oxidation sites excluding steroid dienone is 1. The van der Waals surface area contributed by atoms with Crippen molar-refractivity contribution in [3.8, 4) is 0 Å². The van der Waals surface area contributed by atoms with Crippen LogP contribution in [-0.4, -0.2) is 0 Å². The van der Waals surface area contributed by atoms with Crippen LogP contribution in [0.2, 0.25) is 5.02 Å². The van der Waals surface area contributed by atoms with E-state index in [9.17, 15) is 4.39 Å². The van der Waals surface area contributed by atoms with Gasteiger partial charge in [-0.05, 0) is 91.0 Å². The van der Waals surface area contributed by atoms with Crippen LogP contribution in [0.25, 0.3) is 10.8 Å². The average molecular weight is 453 g/mol. The third-order valence-electron chi connectivity index (χ3n) is 7.07. The van der Waals surface area contributed by atoms with Gasteiger partial charge in [-0.2, -0.15) is 0 Å². The molecule has 0 atom stereocenters. The van der Waals surface area contributed by atoms with Crippen LogP contribution in [0.5, 0.6) is 0 Å². The van der Waals surface area contributed by atoms with Crippen molar-refractivity contribution in [1.29, 1.82) is 0 Å². The average Bonchev–Trinajstić information content (AvgIpc) is 2.80. The quantitative estimate of drug-likeness (QED) is 0.299. The van der Waals surface area contributed by atoms with Gasteiger partial charge in [0.2, 0.25) is 0 Å². The maximum Gasteiger partial charge on any atom is 0.142 e. The van der Waals surface area contributed by atoms with E-state index < -0.39 is 5.82 Å². The summed E-state index contributed by atoms with van der Waals surface area (Å²) in [6, 6.07) is 14.8. The SMILES string of the molecule is C=CCC1CCC(CCc2ccc3c(F)c(CCc4ccc(Cl)c(F)c4)ccc3c2)CC1. The molecule has 0 saturated heterocycles. The van der Waals surface area contributed by atoms with Gasteiger partial charge in [0.15, 0.2) is 0 Å². The first kappa shape index (κ1) is 23.0. The maximum atomic E-state index is 15.1. The van der Waals surface area contributed by atoms with Gasteiger partial charge in [-0.3, -0.25) is 0 Å². The van der Waals surface area contributed by atoms with Crippen molar-refractivity contribution < 1.29 is 8.78 Å². The molecule has 0 aromatic heterocycles. The molecule has 0 aliphatic heterocycles. The molecule has 1 saturated carbocycles. The molecule has 0 radical (unpaired) electrons. The van der Waals surface area contributed by atoms with Crippen molar-refractivity contribution in [1.82, 2.24) is 0 Å². The van der Waals surface area contributed by atoms with Crippen molar-refractivity contribution in [2.45, 2.75) is 57.8 Å². The van der Waals surface area contributed by atoms with E-state index in [1.165, 1.54) is 43.7 Å². The minimum absolute atomic E-state index is 0.113. The highest BCUT2D eigenvalue weighted by Gasteiger charge is 2.20. The molecule has 168 valence electrons. The maximum absolute atomic E-state index is 15.1. The molecule has 0 bridgehead atoms. The van der Waals surface area contributed by atoms with Crippen LogP contribution in [0, 0.1) is 23.5 Å². The third kappa shape index (κ3) is 5.59. The van der Waals surface area contributed by atoms with Crippen LogP contribution in [0.1, 0.15) is 55.2 Å². The predicted molar refractivity (Wildman–Crippen MR) is 131 cm³/mol. The van der Waals surface area contributed by atoms with Gasteiger partial charge in [-0.1, -0.05) is 66.9 Å². The summed E-state index contributed by atoms with van der Waals surface area (Å²) in [5.41, 5.74) is 2.77. The Morgan fingerprint density at radius 1 is 0.844 bits per heavy atom. The minimum Gasteiger partial charge on any atom is -0.206 e. The molecule has 3 aromatic carbocycles. The standard InChI is InChI=1S/C29H31ClF2/c1-2-3-20-4-6-21(7-5-20)8-9-22-11-16-26-25(18-22)15-14-24(29(26)32)13-10-23-12-17-27(30)28(31)19-23/h2,11-12,14-21H,1,3-10,13H2. The molecule has 1 fully saturated rings. The Kier molecular flexibility index (Phi) is 7.63. The number of aryl methyl sites for hydroxylation is 3. The summed E-state index contributed by atoms with van der Waals surface area (Å²) in [5, 5.41) is 1.73. The second kappa shape index (κ2) is 10.6. The molecule has 3 aromatic rings. The van der Waals surface area contributed by atoms with E-state index in [0.717, 1.165) is 35.6 Å². The van der Waals surface area contributed by atoms with E-state index in [4.69, 9.17) is 11.6 Å². The van der Waals surface area contributed by atoms with E-state index in [1.807, 2.05) is 18.2 Å². The first-order valence-corrected chi connectivity index (χ1v) is 12.2. The highest BCUT2D eigenvalue weighted by atomic mass is 35.5. The number of benzene rings is 3. The van der Waals surface area contributed by atoms with E-state index in [0.29, 0.717) is 23.8 Å². The molecule has 0 heterocycles. The topological polar surface area (TPSA) is 0 Å². The fourth-order valence-electron chi connectivity index (χ4n) is 5.07. The lowest BCUT2D eigenvalue weighted by molar-refractivity contribution is 0.265. The van der Waals surface area contributed by atoms with Gasteiger partial charge in [0.05, 0.1) is 5.02 Å². The Bertz CT molecular complexity index is 1080. The molecule has 32 heavy (non-hydrogen) atoms. The number of hydrogen-bond acceptors (Lipinski definition) is 0. The van der Waals surface area contributed by atoms with Crippen LogP contribution in [0.3, 0.4) is 0 Å². The molecule has 0 spiro atoms. The Labute approximate surface area is 195 Å². The second-order valence-electron chi connectivity index (χ2n) is 9.29. The van der Waals surface area contributed by atoms with E-state index in [1.54, 1.807) is 12.1 Å². The molecule has 0 unspecified atom stereocenters. The summed E-state index contributed by atoms with van der Waals surface area (Å²) in [4.78, 5) is 0. The fourth-order valence-corrected chi connectivity index (χ4v) is 5.19. The number of hydrogen-bond donors (Lipinski definition) is 0. The lowest BCUT2D eigenvalue weighted by atomic mass is 9.78. The van der Waals surface area contributed by atoms with E-state index in [-0.39, 0.29) is 10.8 Å². The minimum atomic E-state index is -0.430.